The number of rotatable bonds is 1. The number of likely N-dealkylation sites (tertiary alicyclic amines) is 2. The fourth-order valence-electron chi connectivity index (χ4n) is 3.61. The van der Waals surface area contributed by atoms with Crippen LogP contribution in [-0.2, 0) is 0 Å². The fourth-order valence-corrected chi connectivity index (χ4v) is 3.61. The first kappa shape index (κ1) is 14.2. The topological polar surface area (TPSA) is 61.6 Å². The third-order valence-electron chi connectivity index (χ3n) is 4.79. The van der Waals surface area contributed by atoms with Crippen molar-refractivity contribution in [2.75, 3.05) is 37.7 Å². The zero-order valence-corrected chi connectivity index (χ0v) is 12.6. The number of nitrogens with two attached hydrogens (primary N) is 1. The lowest BCUT2D eigenvalue weighted by Gasteiger charge is -2.45. The molecule has 2 aliphatic heterocycles. The molecule has 0 aliphatic carbocycles. The van der Waals surface area contributed by atoms with Gasteiger partial charge in [-0.3, -0.25) is 0 Å². The summed E-state index contributed by atoms with van der Waals surface area (Å²) in [6, 6.07) is 7.95. The van der Waals surface area contributed by atoms with Crippen molar-refractivity contribution < 1.29 is 4.79 Å². The Kier molecular flexibility index (Phi) is 4.01. The Labute approximate surface area is 126 Å². The Morgan fingerprint density at radius 1 is 1.24 bits per heavy atom. The molecule has 5 heteroatoms. The van der Waals surface area contributed by atoms with Crippen LogP contribution in [0.4, 0.5) is 16.2 Å². The Morgan fingerprint density at radius 2 is 2.00 bits per heavy atom. The monoisotopic (exact) mass is 288 g/mol. The van der Waals surface area contributed by atoms with Crippen LogP contribution in [0.1, 0.15) is 19.3 Å². The Hall–Kier alpha value is -1.75. The molecule has 2 heterocycles. The van der Waals surface area contributed by atoms with Gasteiger partial charge in [-0.25, -0.2) is 4.79 Å². The van der Waals surface area contributed by atoms with Crippen molar-refractivity contribution in [1.82, 2.24) is 9.80 Å². The van der Waals surface area contributed by atoms with E-state index in [1.54, 1.807) is 12.1 Å². The van der Waals surface area contributed by atoms with Crippen LogP contribution in [0.3, 0.4) is 0 Å². The number of fused-ring (bicyclic) bond motifs is 1. The summed E-state index contributed by atoms with van der Waals surface area (Å²) in [5.41, 5.74) is 7.17. The number of carbonyl (C=O) groups excluding carboxylic acids is 1. The maximum absolute atomic E-state index is 12.4. The molecule has 1 aromatic rings. The zero-order valence-electron chi connectivity index (χ0n) is 12.6. The highest BCUT2D eigenvalue weighted by atomic mass is 16.2. The molecule has 2 aliphatic rings. The molecule has 0 saturated carbocycles. The first-order chi connectivity index (χ1) is 10.1. The summed E-state index contributed by atoms with van der Waals surface area (Å²) in [5, 5.41) is 2.96. The van der Waals surface area contributed by atoms with Gasteiger partial charge in [-0.15, -0.1) is 0 Å². The van der Waals surface area contributed by atoms with Gasteiger partial charge in [0, 0.05) is 30.5 Å². The van der Waals surface area contributed by atoms with Crippen LogP contribution < -0.4 is 11.1 Å². The molecule has 3 rings (SSSR count). The van der Waals surface area contributed by atoms with Crippen LogP contribution in [0.5, 0.6) is 0 Å². The van der Waals surface area contributed by atoms with Gasteiger partial charge in [0.05, 0.1) is 0 Å². The Morgan fingerprint density at radius 3 is 2.76 bits per heavy atom. The normalized spacial score (nSPS) is 26.2. The largest absolute Gasteiger partial charge is 0.399 e. The van der Waals surface area contributed by atoms with E-state index >= 15 is 0 Å². The molecule has 0 spiro atoms. The summed E-state index contributed by atoms with van der Waals surface area (Å²) >= 11 is 0. The lowest BCUT2D eigenvalue weighted by Crippen LogP contribution is -2.54. The molecule has 2 saturated heterocycles. The number of urea groups is 1. The number of anilines is 2. The number of hydrogen-bond acceptors (Lipinski definition) is 3. The van der Waals surface area contributed by atoms with E-state index in [0.29, 0.717) is 17.6 Å². The van der Waals surface area contributed by atoms with Crippen molar-refractivity contribution in [1.29, 1.82) is 0 Å². The van der Waals surface area contributed by atoms with Gasteiger partial charge in [0.15, 0.2) is 0 Å². The lowest BCUT2D eigenvalue weighted by atomic mass is 9.84. The van der Waals surface area contributed by atoms with Crippen molar-refractivity contribution >= 4 is 17.4 Å². The van der Waals surface area contributed by atoms with E-state index in [1.165, 1.54) is 19.4 Å². The molecule has 2 unspecified atom stereocenters. The predicted molar refractivity (Wildman–Crippen MR) is 85.2 cm³/mol. The van der Waals surface area contributed by atoms with Crippen LogP contribution in [0.25, 0.3) is 0 Å². The first-order valence-corrected chi connectivity index (χ1v) is 7.75. The number of carbonyl (C=O) groups is 1. The SMILES string of the molecule is CN1CCCC2CN(C(=O)Nc3ccc(N)cc3)CCC21. The summed E-state index contributed by atoms with van der Waals surface area (Å²) in [6.07, 6.45) is 3.56. The van der Waals surface area contributed by atoms with Crippen LogP contribution in [0.15, 0.2) is 24.3 Å². The van der Waals surface area contributed by atoms with Gasteiger partial charge in [0.25, 0.3) is 0 Å². The third-order valence-corrected chi connectivity index (χ3v) is 4.79. The highest BCUT2D eigenvalue weighted by Gasteiger charge is 2.35. The van der Waals surface area contributed by atoms with Gasteiger partial charge >= 0.3 is 6.03 Å². The quantitative estimate of drug-likeness (QED) is 0.779. The zero-order chi connectivity index (χ0) is 14.8. The molecule has 1 aromatic carbocycles. The number of piperidine rings is 2. The van der Waals surface area contributed by atoms with Gasteiger partial charge in [-0.1, -0.05) is 0 Å². The third kappa shape index (κ3) is 3.13. The van der Waals surface area contributed by atoms with E-state index in [1.807, 2.05) is 17.0 Å². The number of nitrogens with one attached hydrogen (secondary N) is 1. The van der Waals surface area contributed by atoms with Gasteiger partial charge in [0.2, 0.25) is 0 Å². The summed E-state index contributed by atoms with van der Waals surface area (Å²) in [4.78, 5) is 16.8. The first-order valence-electron chi connectivity index (χ1n) is 7.75. The number of nitrogens with zero attached hydrogens (tertiary/aromatic N) is 2. The van der Waals surface area contributed by atoms with E-state index in [0.717, 1.165) is 25.2 Å². The summed E-state index contributed by atoms with van der Waals surface area (Å²) in [6.45, 7) is 2.90. The van der Waals surface area contributed by atoms with Crippen molar-refractivity contribution in [3.8, 4) is 0 Å². The summed E-state index contributed by atoms with van der Waals surface area (Å²) in [5.74, 6) is 0.620. The molecule has 0 aromatic heterocycles. The molecule has 0 radical (unpaired) electrons. The Balaban J connectivity index is 1.60. The molecule has 2 atom stereocenters. The minimum atomic E-state index is 0.00597. The second kappa shape index (κ2) is 5.93. The molecule has 114 valence electrons. The maximum Gasteiger partial charge on any atom is 0.321 e. The molecule has 2 fully saturated rings. The summed E-state index contributed by atoms with van der Waals surface area (Å²) < 4.78 is 0. The molecule has 21 heavy (non-hydrogen) atoms. The van der Waals surface area contributed by atoms with Crippen molar-refractivity contribution in [2.24, 2.45) is 5.92 Å². The minimum absolute atomic E-state index is 0.00597. The van der Waals surface area contributed by atoms with E-state index in [-0.39, 0.29) is 6.03 Å². The van der Waals surface area contributed by atoms with Crippen molar-refractivity contribution in [2.45, 2.75) is 25.3 Å². The van der Waals surface area contributed by atoms with Gasteiger partial charge in [-0.05, 0) is 63.0 Å². The maximum atomic E-state index is 12.4. The molecule has 0 bridgehead atoms. The second-order valence-electron chi connectivity index (χ2n) is 6.24. The highest BCUT2D eigenvalue weighted by molar-refractivity contribution is 5.89. The average Bonchev–Trinajstić information content (AvgIpc) is 2.49. The number of hydrogen-bond donors (Lipinski definition) is 2. The Bertz CT molecular complexity index is 502. The van der Waals surface area contributed by atoms with Crippen LogP contribution in [-0.4, -0.2) is 48.6 Å². The van der Waals surface area contributed by atoms with Gasteiger partial charge < -0.3 is 20.9 Å². The van der Waals surface area contributed by atoms with Gasteiger partial charge in [-0.2, -0.15) is 0 Å². The fraction of sp³-hybridized carbons (Fsp3) is 0.562. The van der Waals surface area contributed by atoms with Crippen LogP contribution in [0, 0.1) is 5.92 Å². The number of amides is 2. The van der Waals surface area contributed by atoms with E-state index in [2.05, 4.69) is 17.3 Å². The minimum Gasteiger partial charge on any atom is -0.399 e. The average molecular weight is 288 g/mol. The van der Waals surface area contributed by atoms with Crippen LogP contribution in [0.2, 0.25) is 0 Å². The van der Waals surface area contributed by atoms with E-state index < -0.39 is 0 Å². The van der Waals surface area contributed by atoms with E-state index in [4.69, 9.17) is 5.73 Å². The highest BCUT2D eigenvalue weighted by Crippen LogP contribution is 2.29. The molecular weight excluding hydrogens is 264 g/mol. The molecule has 5 nitrogen and oxygen atoms in total. The summed E-state index contributed by atoms with van der Waals surface area (Å²) in [7, 11) is 2.21. The van der Waals surface area contributed by atoms with E-state index in [9.17, 15) is 4.79 Å². The number of benzene rings is 1. The predicted octanol–water partition coefficient (Wildman–Crippen LogP) is 2.22. The van der Waals surface area contributed by atoms with Crippen LogP contribution >= 0.6 is 0 Å². The number of nitrogen functional groups attached to an aromatic ring is 1. The van der Waals surface area contributed by atoms with Crippen molar-refractivity contribution in [3.05, 3.63) is 24.3 Å². The molecule has 2 amide bonds. The standard InChI is InChI=1S/C16H24N4O/c1-19-9-2-3-12-11-20(10-8-15(12)19)16(21)18-14-6-4-13(17)5-7-14/h4-7,12,15H,2-3,8-11,17H2,1H3,(H,18,21). The molecular formula is C16H24N4O. The van der Waals surface area contributed by atoms with Crippen molar-refractivity contribution in [3.63, 3.8) is 0 Å². The van der Waals surface area contributed by atoms with Gasteiger partial charge in [0.1, 0.15) is 0 Å². The molecule has 3 N–H and O–H groups in total. The lowest BCUT2D eigenvalue weighted by molar-refractivity contribution is 0.0542. The smallest absolute Gasteiger partial charge is 0.321 e. The second-order valence-corrected chi connectivity index (χ2v) is 6.24.